The zero-order valence-corrected chi connectivity index (χ0v) is 8.46. The van der Waals surface area contributed by atoms with Crippen molar-refractivity contribution in [3.63, 3.8) is 0 Å². The van der Waals surface area contributed by atoms with Gasteiger partial charge < -0.3 is 5.11 Å². The van der Waals surface area contributed by atoms with Crippen LogP contribution in [0.5, 0.6) is 0 Å². The molecular formula is C12H12N2O. The third-order valence-corrected chi connectivity index (χ3v) is 2.36. The summed E-state index contributed by atoms with van der Waals surface area (Å²) in [5.74, 6) is 0. The summed E-state index contributed by atoms with van der Waals surface area (Å²) in [5, 5.41) is 10.1. The average Bonchev–Trinajstić information content (AvgIpc) is 2.30. The lowest BCUT2D eigenvalue weighted by Gasteiger charge is -2.12. The van der Waals surface area contributed by atoms with Gasteiger partial charge in [0.2, 0.25) is 0 Å². The number of aliphatic hydroxyl groups excluding tert-OH is 1. The Morgan fingerprint density at radius 3 is 2.60 bits per heavy atom. The van der Waals surface area contributed by atoms with Gasteiger partial charge >= 0.3 is 0 Å². The SMILES string of the molecule is Cc1cnccc1C(O)c1cccnc1. The van der Waals surface area contributed by atoms with E-state index >= 15 is 0 Å². The van der Waals surface area contributed by atoms with E-state index in [0.717, 1.165) is 16.7 Å². The average molecular weight is 200 g/mol. The zero-order chi connectivity index (χ0) is 10.7. The van der Waals surface area contributed by atoms with Crippen LogP contribution in [0.15, 0.2) is 43.0 Å². The molecule has 1 atom stereocenters. The molecule has 0 fully saturated rings. The molecule has 0 aliphatic heterocycles. The summed E-state index contributed by atoms with van der Waals surface area (Å²) < 4.78 is 0. The standard InChI is InChI=1S/C12H12N2O/c1-9-7-14-6-4-11(9)12(15)10-3-2-5-13-8-10/h2-8,12,15H,1H3. The van der Waals surface area contributed by atoms with Crippen LogP contribution in [0.25, 0.3) is 0 Å². The lowest BCUT2D eigenvalue weighted by Crippen LogP contribution is -2.02. The van der Waals surface area contributed by atoms with Gasteiger partial charge in [0.05, 0.1) is 0 Å². The van der Waals surface area contributed by atoms with Gasteiger partial charge in [0.15, 0.2) is 0 Å². The predicted molar refractivity (Wildman–Crippen MR) is 57.3 cm³/mol. The number of aryl methyl sites for hydroxylation is 1. The Hall–Kier alpha value is -1.74. The van der Waals surface area contributed by atoms with Crippen molar-refractivity contribution in [2.75, 3.05) is 0 Å². The van der Waals surface area contributed by atoms with Gasteiger partial charge in [-0.3, -0.25) is 9.97 Å². The molecule has 0 bridgehead atoms. The van der Waals surface area contributed by atoms with Gasteiger partial charge in [-0.15, -0.1) is 0 Å². The van der Waals surface area contributed by atoms with Gasteiger partial charge in [0.1, 0.15) is 6.10 Å². The number of rotatable bonds is 2. The third kappa shape index (κ3) is 2.02. The van der Waals surface area contributed by atoms with E-state index in [1.165, 1.54) is 0 Å². The second-order valence-corrected chi connectivity index (χ2v) is 3.42. The van der Waals surface area contributed by atoms with Crippen LogP contribution >= 0.6 is 0 Å². The fourth-order valence-corrected chi connectivity index (χ4v) is 1.51. The molecular weight excluding hydrogens is 188 g/mol. The molecule has 0 spiro atoms. The maximum Gasteiger partial charge on any atom is 0.106 e. The van der Waals surface area contributed by atoms with Crippen LogP contribution in [0, 0.1) is 6.92 Å². The number of pyridine rings is 2. The monoisotopic (exact) mass is 200 g/mol. The first-order valence-corrected chi connectivity index (χ1v) is 4.77. The Labute approximate surface area is 88.5 Å². The van der Waals surface area contributed by atoms with Crippen molar-refractivity contribution in [3.05, 3.63) is 59.7 Å². The molecule has 3 heteroatoms. The number of nitrogens with zero attached hydrogens (tertiary/aromatic N) is 2. The highest BCUT2D eigenvalue weighted by Crippen LogP contribution is 2.22. The molecule has 0 aromatic carbocycles. The van der Waals surface area contributed by atoms with Gasteiger partial charge in [-0.25, -0.2) is 0 Å². The van der Waals surface area contributed by atoms with E-state index in [-0.39, 0.29) is 0 Å². The highest BCUT2D eigenvalue weighted by atomic mass is 16.3. The summed E-state index contributed by atoms with van der Waals surface area (Å²) in [6.45, 7) is 1.93. The summed E-state index contributed by atoms with van der Waals surface area (Å²) in [5.41, 5.74) is 2.65. The maximum absolute atomic E-state index is 10.1. The predicted octanol–water partition coefficient (Wildman–Crippen LogP) is 1.87. The summed E-state index contributed by atoms with van der Waals surface area (Å²) in [6.07, 6.45) is 6.17. The van der Waals surface area contributed by atoms with E-state index in [1.807, 2.05) is 25.1 Å². The molecule has 0 aliphatic carbocycles. The van der Waals surface area contributed by atoms with Crippen LogP contribution in [0.3, 0.4) is 0 Å². The molecule has 0 saturated heterocycles. The van der Waals surface area contributed by atoms with Crippen molar-refractivity contribution < 1.29 is 5.11 Å². The first-order chi connectivity index (χ1) is 7.29. The molecule has 0 amide bonds. The van der Waals surface area contributed by atoms with E-state index in [9.17, 15) is 5.11 Å². The van der Waals surface area contributed by atoms with Gasteiger partial charge in [-0.05, 0) is 30.2 Å². The normalized spacial score (nSPS) is 12.4. The zero-order valence-electron chi connectivity index (χ0n) is 8.46. The largest absolute Gasteiger partial charge is 0.384 e. The van der Waals surface area contributed by atoms with Gasteiger partial charge in [-0.1, -0.05) is 6.07 Å². The summed E-state index contributed by atoms with van der Waals surface area (Å²) >= 11 is 0. The fourth-order valence-electron chi connectivity index (χ4n) is 1.51. The molecule has 2 rings (SSSR count). The lowest BCUT2D eigenvalue weighted by atomic mass is 10.0. The molecule has 15 heavy (non-hydrogen) atoms. The fraction of sp³-hybridized carbons (Fsp3) is 0.167. The minimum absolute atomic E-state index is 0.623. The van der Waals surface area contributed by atoms with Crippen molar-refractivity contribution in [1.29, 1.82) is 0 Å². The van der Waals surface area contributed by atoms with Crippen molar-refractivity contribution in [3.8, 4) is 0 Å². The molecule has 0 radical (unpaired) electrons. The molecule has 0 saturated carbocycles. The van der Waals surface area contributed by atoms with Crippen LogP contribution in [-0.2, 0) is 0 Å². The maximum atomic E-state index is 10.1. The molecule has 2 aromatic heterocycles. The van der Waals surface area contributed by atoms with E-state index in [1.54, 1.807) is 24.8 Å². The van der Waals surface area contributed by atoms with Crippen LogP contribution in [0.4, 0.5) is 0 Å². The van der Waals surface area contributed by atoms with E-state index in [2.05, 4.69) is 9.97 Å². The lowest BCUT2D eigenvalue weighted by molar-refractivity contribution is 0.219. The summed E-state index contributed by atoms with van der Waals surface area (Å²) in [4.78, 5) is 7.98. The number of aliphatic hydroxyl groups is 1. The number of hydrogen-bond donors (Lipinski definition) is 1. The quantitative estimate of drug-likeness (QED) is 0.804. The molecule has 1 N–H and O–H groups in total. The Morgan fingerprint density at radius 2 is 1.93 bits per heavy atom. The van der Waals surface area contributed by atoms with E-state index < -0.39 is 6.10 Å². The molecule has 1 unspecified atom stereocenters. The van der Waals surface area contributed by atoms with E-state index in [4.69, 9.17) is 0 Å². The van der Waals surface area contributed by atoms with Gasteiger partial charge in [-0.2, -0.15) is 0 Å². The first kappa shape index (κ1) is 9.80. The Bertz CT molecular complexity index is 442. The Kier molecular flexibility index (Phi) is 2.74. The minimum atomic E-state index is -0.623. The molecule has 3 nitrogen and oxygen atoms in total. The molecule has 2 heterocycles. The van der Waals surface area contributed by atoms with Crippen LogP contribution in [0.2, 0.25) is 0 Å². The van der Waals surface area contributed by atoms with Crippen molar-refractivity contribution in [2.45, 2.75) is 13.0 Å². The van der Waals surface area contributed by atoms with Crippen molar-refractivity contribution in [2.24, 2.45) is 0 Å². The van der Waals surface area contributed by atoms with Crippen molar-refractivity contribution in [1.82, 2.24) is 9.97 Å². The molecule has 2 aromatic rings. The van der Waals surface area contributed by atoms with E-state index in [0.29, 0.717) is 0 Å². The van der Waals surface area contributed by atoms with Crippen LogP contribution in [0.1, 0.15) is 22.8 Å². The summed E-state index contributed by atoms with van der Waals surface area (Å²) in [6, 6.07) is 5.50. The van der Waals surface area contributed by atoms with Crippen LogP contribution in [-0.4, -0.2) is 15.1 Å². The number of aromatic nitrogens is 2. The van der Waals surface area contributed by atoms with Gasteiger partial charge in [0.25, 0.3) is 0 Å². The smallest absolute Gasteiger partial charge is 0.106 e. The molecule has 0 aliphatic rings. The number of hydrogen-bond acceptors (Lipinski definition) is 3. The highest BCUT2D eigenvalue weighted by Gasteiger charge is 2.12. The van der Waals surface area contributed by atoms with Crippen LogP contribution < -0.4 is 0 Å². The second kappa shape index (κ2) is 4.19. The summed E-state index contributed by atoms with van der Waals surface area (Å²) in [7, 11) is 0. The Morgan fingerprint density at radius 1 is 1.13 bits per heavy atom. The third-order valence-electron chi connectivity index (χ3n) is 2.36. The second-order valence-electron chi connectivity index (χ2n) is 3.42. The van der Waals surface area contributed by atoms with Gasteiger partial charge in [0, 0.05) is 30.4 Å². The highest BCUT2D eigenvalue weighted by molar-refractivity contribution is 5.31. The minimum Gasteiger partial charge on any atom is -0.384 e. The van der Waals surface area contributed by atoms with Crippen molar-refractivity contribution >= 4 is 0 Å². The Balaban J connectivity index is 2.37. The first-order valence-electron chi connectivity index (χ1n) is 4.77. The molecule has 76 valence electrons. The topological polar surface area (TPSA) is 46.0 Å².